The normalized spacial score (nSPS) is 44.9. The van der Waals surface area contributed by atoms with Gasteiger partial charge in [-0.1, -0.05) is 13.8 Å². The molecule has 2 rings (SSSR count). The van der Waals surface area contributed by atoms with Crippen molar-refractivity contribution >= 4 is 5.78 Å². The SMILES string of the molecule is CC1(C)CO[C@]2(C)O[C@H]1CC2=O. The second-order valence-corrected chi connectivity index (χ2v) is 4.46. The van der Waals surface area contributed by atoms with Gasteiger partial charge < -0.3 is 9.47 Å². The van der Waals surface area contributed by atoms with Crippen LogP contribution in [0.25, 0.3) is 0 Å². The molecule has 2 heterocycles. The number of Topliss-reactive ketones (excluding diaryl/α,β-unsaturated/α-hetero) is 1. The van der Waals surface area contributed by atoms with Crippen molar-refractivity contribution < 1.29 is 14.3 Å². The Bertz CT molecular complexity index is 234. The molecule has 2 fully saturated rings. The van der Waals surface area contributed by atoms with Gasteiger partial charge in [0.15, 0.2) is 5.78 Å². The molecule has 0 N–H and O–H groups in total. The van der Waals surface area contributed by atoms with E-state index in [2.05, 4.69) is 13.8 Å². The van der Waals surface area contributed by atoms with Crippen molar-refractivity contribution in [2.24, 2.45) is 5.41 Å². The smallest absolute Gasteiger partial charge is 0.226 e. The van der Waals surface area contributed by atoms with Crippen LogP contribution in [0.1, 0.15) is 27.2 Å². The minimum absolute atomic E-state index is 0.0222. The molecule has 3 nitrogen and oxygen atoms in total. The first-order valence-electron chi connectivity index (χ1n) is 4.29. The minimum atomic E-state index is -0.930. The zero-order valence-corrected chi connectivity index (χ0v) is 7.72. The second-order valence-electron chi connectivity index (χ2n) is 4.46. The maximum Gasteiger partial charge on any atom is 0.226 e. The quantitative estimate of drug-likeness (QED) is 0.546. The van der Waals surface area contributed by atoms with E-state index in [4.69, 9.17) is 9.47 Å². The minimum Gasteiger partial charge on any atom is -0.343 e. The Balaban J connectivity index is 2.29. The van der Waals surface area contributed by atoms with Crippen molar-refractivity contribution in [3.8, 4) is 0 Å². The van der Waals surface area contributed by atoms with Crippen LogP contribution in [-0.4, -0.2) is 24.3 Å². The molecule has 0 saturated carbocycles. The fourth-order valence-electron chi connectivity index (χ4n) is 1.70. The molecule has 2 bridgehead atoms. The van der Waals surface area contributed by atoms with Crippen molar-refractivity contribution in [3.05, 3.63) is 0 Å². The molecule has 0 aromatic rings. The van der Waals surface area contributed by atoms with E-state index in [0.717, 1.165) is 0 Å². The maximum absolute atomic E-state index is 11.4. The van der Waals surface area contributed by atoms with Gasteiger partial charge in [0, 0.05) is 11.8 Å². The van der Waals surface area contributed by atoms with Gasteiger partial charge in [-0.2, -0.15) is 0 Å². The van der Waals surface area contributed by atoms with Crippen LogP contribution in [0.5, 0.6) is 0 Å². The molecular formula is C9H14O3. The van der Waals surface area contributed by atoms with Crippen molar-refractivity contribution in [2.45, 2.75) is 39.1 Å². The lowest BCUT2D eigenvalue weighted by atomic mass is 9.86. The summed E-state index contributed by atoms with van der Waals surface area (Å²) in [6.07, 6.45) is 0.549. The lowest BCUT2D eigenvalue weighted by Gasteiger charge is -2.39. The first-order chi connectivity index (χ1) is 5.44. The van der Waals surface area contributed by atoms with Crippen LogP contribution in [-0.2, 0) is 14.3 Å². The predicted octanol–water partition coefficient (Wildman–Crippen LogP) is 1.12. The zero-order valence-electron chi connectivity index (χ0n) is 7.72. The molecular weight excluding hydrogens is 156 g/mol. The Labute approximate surface area is 72.0 Å². The molecule has 3 heteroatoms. The topological polar surface area (TPSA) is 35.5 Å². The van der Waals surface area contributed by atoms with Gasteiger partial charge in [0.2, 0.25) is 5.79 Å². The molecule has 68 valence electrons. The van der Waals surface area contributed by atoms with Crippen molar-refractivity contribution in [1.29, 1.82) is 0 Å². The summed E-state index contributed by atoms with van der Waals surface area (Å²) in [5.74, 6) is -0.849. The first kappa shape index (κ1) is 8.20. The highest BCUT2D eigenvalue weighted by molar-refractivity contribution is 5.88. The van der Waals surface area contributed by atoms with Gasteiger partial charge in [0.25, 0.3) is 0 Å². The third-order valence-electron chi connectivity index (χ3n) is 2.84. The highest BCUT2D eigenvalue weighted by Crippen LogP contribution is 2.43. The van der Waals surface area contributed by atoms with Gasteiger partial charge in [-0.05, 0) is 6.92 Å². The lowest BCUT2D eigenvalue weighted by Crippen LogP contribution is -2.46. The summed E-state index contributed by atoms with van der Waals surface area (Å²) in [6.45, 7) is 6.45. The van der Waals surface area contributed by atoms with Gasteiger partial charge in [-0.15, -0.1) is 0 Å². The van der Waals surface area contributed by atoms with Crippen LogP contribution in [0.4, 0.5) is 0 Å². The van der Waals surface area contributed by atoms with Crippen molar-refractivity contribution in [3.63, 3.8) is 0 Å². The number of hydrogen-bond donors (Lipinski definition) is 0. The number of carbonyl (C=O) groups excluding carboxylic acids is 1. The van der Waals surface area contributed by atoms with Crippen molar-refractivity contribution in [1.82, 2.24) is 0 Å². The van der Waals surface area contributed by atoms with E-state index in [1.54, 1.807) is 6.92 Å². The highest BCUT2D eigenvalue weighted by Gasteiger charge is 2.54. The average molecular weight is 170 g/mol. The summed E-state index contributed by atoms with van der Waals surface area (Å²) in [5, 5.41) is 0. The number of hydrogen-bond acceptors (Lipinski definition) is 3. The molecule has 0 aromatic heterocycles. The zero-order chi connectivity index (χ0) is 8.98. The number of rotatable bonds is 0. The Morgan fingerprint density at radius 2 is 2.08 bits per heavy atom. The molecule has 0 aliphatic carbocycles. The van der Waals surface area contributed by atoms with Gasteiger partial charge in [0.05, 0.1) is 12.7 Å². The molecule has 2 saturated heterocycles. The second kappa shape index (κ2) is 2.09. The molecule has 0 unspecified atom stereocenters. The van der Waals surface area contributed by atoms with E-state index < -0.39 is 5.79 Å². The van der Waals surface area contributed by atoms with Gasteiger partial charge >= 0.3 is 0 Å². The van der Waals surface area contributed by atoms with E-state index in [0.29, 0.717) is 13.0 Å². The van der Waals surface area contributed by atoms with Gasteiger partial charge in [-0.3, -0.25) is 4.79 Å². The Kier molecular flexibility index (Phi) is 1.43. The van der Waals surface area contributed by atoms with Crippen LogP contribution in [0.2, 0.25) is 0 Å². The van der Waals surface area contributed by atoms with E-state index in [1.165, 1.54) is 0 Å². The van der Waals surface area contributed by atoms with E-state index >= 15 is 0 Å². The van der Waals surface area contributed by atoms with E-state index in [9.17, 15) is 4.79 Å². The molecule has 0 spiro atoms. The summed E-state index contributed by atoms with van der Waals surface area (Å²) >= 11 is 0. The fourth-order valence-corrected chi connectivity index (χ4v) is 1.70. The number of carbonyl (C=O) groups is 1. The largest absolute Gasteiger partial charge is 0.343 e. The Hall–Kier alpha value is -0.410. The monoisotopic (exact) mass is 170 g/mol. The maximum atomic E-state index is 11.4. The molecule has 0 amide bonds. The Morgan fingerprint density at radius 1 is 1.42 bits per heavy atom. The number of ketones is 1. The predicted molar refractivity (Wildman–Crippen MR) is 42.6 cm³/mol. The van der Waals surface area contributed by atoms with Gasteiger partial charge in [0.1, 0.15) is 0 Å². The summed E-state index contributed by atoms with van der Waals surface area (Å²) in [6, 6.07) is 0. The molecule has 0 radical (unpaired) electrons. The Morgan fingerprint density at radius 3 is 2.67 bits per heavy atom. The average Bonchev–Trinajstić information content (AvgIpc) is 2.22. The molecule has 2 atom stereocenters. The van der Waals surface area contributed by atoms with Crippen LogP contribution < -0.4 is 0 Å². The third kappa shape index (κ3) is 0.930. The highest BCUT2D eigenvalue weighted by atomic mass is 16.7. The number of ether oxygens (including phenoxy) is 2. The van der Waals surface area contributed by atoms with Gasteiger partial charge in [-0.25, -0.2) is 0 Å². The van der Waals surface area contributed by atoms with Crippen LogP contribution >= 0.6 is 0 Å². The lowest BCUT2D eigenvalue weighted by molar-refractivity contribution is -0.275. The molecule has 2 aliphatic rings. The summed E-state index contributed by atoms with van der Waals surface area (Å²) in [7, 11) is 0. The third-order valence-corrected chi connectivity index (χ3v) is 2.84. The molecule has 0 aromatic carbocycles. The summed E-state index contributed by atoms with van der Waals surface area (Å²) < 4.78 is 11.0. The summed E-state index contributed by atoms with van der Waals surface area (Å²) in [4.78, 5) is 11.4. The fraction of sp³-hybridized carbons (Fsp3) is 0.889. The standard InChI is InChI=1S/C9H14O3/c1-8(2)5-11-9(3)6(10)4-7(8)12-9/h7H,4-5H2,1-3H3/t7-,9+/m0/s1. The van der Waals surface area contributed by atoms with Crippen LogP contribution in [0.15, 0.2) is 0 Å². The van der Waals surface area contributed by atoms with E-state index in [-0.39, 0.29) is 17.3 Å². The summed E-state index contributed by atoms with van der Waals surface area (Å²) in [5.41, 5.74) is -0.0222. The molecule has 2 aliphatic heterocycles. The number of fused-ring (bicyclic) bond motifs is 2. The first-order valence-corrected chi connectivity index (χ1v) is 4.29. The van der Waals surface area contributed by atoms with E-state index in [1.807, 2.05) is 0 Å². The van der Waals surface area contributed by atoms with Crippen molar-refractivity contribution in [2.75, 3.05) is 6.61 Å². The van der Waals surface area contributed by atoms with Crippen LogP contribution in [0.3, 0.4) is 0 Å². The van der Waals surface area contributed by atoms with Crippen LogP contribution in [0, 0.1) is 5.41 Å². The molecule has 12 heavy (non-hydrogen) atoms.